The number of fused-ring (bicyclic) bond motifs is 3. The van der Waals surface area contributed by atoms with E-state index in [1.807, 2.05) is 6.07 Å². The molecule has 4 rings (SSSR count). The summed E-state index contributed by atoms with van der Waals surface area (Å²) in [6, 6.07) is 5.55. The molecule has 2 atom stereocenters. The summed E-state index contributed by atoms with van der Waals surface area (Å²) in [6.07, 6.45) is -0.497. The lowest BCUT2D eigenvalue weighted by molar-refractivity contribution is -0.0470. The minimum atomic E-state index is -0.497. The topological polar surface area (TPSA) is 26.7 Å². The Kier molecular flexibility index (Phi) is 3.52. The quantitative estimate of drug-likeness (QED) is 0.901. The van der Waals surface area contributed by atoms with Crippen molar-refractivity contribution in [3.8, 4) is 0 Å². The molecule has 1 aromatic rings. The van der Waals surface area contributed by atoms with E-state index in [-0.39, 0.29) is 6.04 Å². The van der Waals surface area contributed by atoms with Gasteiger partial charge < -0.3 is 5.11 Å². The third-order valence-electron chi connectivity index (χ3n) is 3.97. The van der Waals surface area contributed by atoms with Gasteiger partial charge in [-0.2, -0.15) is 0 Å². The van der Waals surface area contributed by atoms with Crippen LogP contribution in [0.3, 0.4) is 0 Å². The van der Waals surface area contributed by atoms with Gasteiger partial charge in [-0.1, -0.05) is 29.3 Å². The molecule has 3 aliphatic rings. The largest absolute Gasteiger partial charge is 0.387 e. The Morgan fingerprint density at radius 1 is 1.11 bits per heavy atom. The van der Waals surface area contributed by atoms with Crippen molar-refractivity contribution in [2.75, 3.05) is 32.7 Å². The molecular weight excluding hydrogens is 271 g/mol. The lowest BCUT2D eigenvalue weighted by atomic mass is 9.96. The molecule has 5 heteroatoms. The molecule has 0 amide bonds. The highest BCUT2D eigenvalue weighted by Crippen LogP contribution is 2.30. The van der Waals surface area contributed by atoms with Crippen LogP contribution in [0.15, 0.2) is 18.2 Å². The van der Waals surface area contributed by atoms with E-state index in [0.29, 0.717) is 10.0 Å². The summed E-state index contributed by atoms with van der Waals surface area (Å²) in [5, 5.41) is 11.5. The van der Waals surface area contributed by atoms with Gasteiger partial charge in [-0.15, -0.1) is 0 Å². The zero-order chi connectivity index (χ0) is 12.7. The van der Waals surface area contributed by atoms with E-state index in [4.69, 9.17) is 23.2 Å². The summed E-state index contributed by atoms with van der Waals surface area (Å²) in [5.74, 6) is 0. The molecule has 3 aliphatic heterocycles. The maximum absolute atomic E-state index is 10.5. The van der Waals surface area contributed by atoms with Crippen molar-refractivity contribution >= 4 is 23.2 Å². The molecule has 0 radical (unpaired) electrons. The average Bonchev–Trinajstić information content (AvgIpc) is 2.42. The summed E-state index contributed by atoms with van der Waals surface area (Å²) >= 11 is 11.9. The minimum Gasteiger partial charge on any atom is -0.387 e. The van der Waals surface area contributed by atoms with Gasteiger partial charge in [0.1, 0.15) is 0 Å². The molecule has 3 fully saturated rings. The molecule has 3 nitrogen and oxygen atoms in total. The average molecular weight is 287 g/mol. The van der Waals surface area contributed by atoms with Crippen molar-refractivity contribution in [3.05, 3.63) is 33.8 Å². The number of piperazine rings is 3. The molecule has 3 heterocycles. The van der Waals surface area contributed by atoms with Gasteiger partial charge in [0.2, 0.25) is 0 Å². The van der Waals surface area contributed by atoms with Gasteiger partial charge in [0.05, 0.1) is 22.2 Å². The fourth-order valence-electron chi connectivity index (χ4n) is 2.88. The van der Waals surface area contributed by atoms with Crippen LogP contribution in [0.25, 0.3) is 0 Å². The van der Waals surface area contributed by atoms with Crippen LogP contribution >= 0.6 is 23.2 Å². The number of hydrogen-bond acceptors (Lipinski definition) is 3. The van der Waals surface area contributed by atoms with Crippen LogP contribution in [-0.4, -0.2) is 53.7 Å². The van der Waals surface area contributed by atoms with Crippen LogP contribution in [0.5, 0.6) is 0 Å². The second-order valence-electron chi connectivity index (χ2n) is 5.02. The molecule has 3 saturated heterocycles. The van der Waals surface area contributed by atoms with Gasteiger partial charge in [-0.3, -0.25) is 9.80 Å². The Morgan fingerprint density at radius 3 is 2.39 bits per heavy atom. The molecule has 0 spiro atoms. The molecule has 0 aliphatic carbocycles. The van der Waals surface area contributed by atoms with E-state index in [1.54, 1.807) is 12.1 Å². The molecule has 98 valence electrons. The molecule has 0 aromatic heterocycles. The maximum atomic E-state index is 10.5. The van der Waals surface area contributed by atoms with Gasteiger partial charge in [0, 0.05) is 32.7 Å². The number of aliphatic hydroxyl groups is 1. The smallest absolute Gasteiger partial charge is 0.0958 e. The van der Waals surface area contributed by atoms with Crippen LogP contribution in [0.2, 0.25) is 10.0 Å². The van der Waals surface area contributed by atoms with Crippen LogP contribution in [0.1, 0.15) is 11.7 Å². The first-order valence-electron chi connectivity index (χ1n) is 6.24. The molecule has 1 aromatic carbocycles. The van der Waals surface area contributed by atoms with Gasteiger partial charge in [0.25, 0.3) is 0 Å². The normalized spacial score (nSPS) is 32.5. The van der Waals surface area contributed by atoms with Crippen LogP contribution in [0, 0.1) is 0 Å². The van der Waals surface area contributed by atoms with Crippen molar-refractivity contribution in [1.29, 1.82) is 0 Å². The molecule has 0 saturated carbocycles. The summed E-state index contributed by atoms with van der Waals surface area (Å²) in [4.78, 5) is 4.78. The molecule has 2 bridgehead atoms. The fourth-order valence-corrected chi connectivity index (χ4v) is 3.18. The Balaban J connectivity index is 1.81. The molecule has 2 unspecified atom stereocenters. The van der Waals surface area contributed by atoms with Crippen molar-refractivity contribution in [2.45, 2.75) is 12.1 Å². The number of halogens is 2. The van der Waals surface area contributed by atoms with Gasteiger partial charge >= 0.3 is 0 Å². The van der Waals surface area contributed by atoms with E-state index in [0.717, 1.165) is 38.3 Å². The Hall–Kier alpha value is -0.320. The van der Waals surface area contributed by atoms with Crippen LogP contribution < -0.4 is 0 Å². The van der Waals surface area contributed by atoms with Crippen LogP contribution in [0.4, 0.5) is 0 Å². The zero-order valence-corrected chi connectivity index (χ0v) is 11.5. The molecular formula is C13H16Cl2N2O. The first-order chi connectivity index (χ1) is 8.65. The van der Waals surface area contributed by atoms with E-state index in [1.165, 1.54) is 0 Å². The number of benzene rings is 1. The second-order valence-corrected chi connectivity index (χ2v) is 5.84. The lowest BCUT2D eigenvalue weighted by Gasteiger charge is -2.49. The number of nitrogens with zero attached hydrogens (tertiary/aromatic N) is 2. The third kappa shape index (κ3) is 2.26. The van der Waals surface area contributed by atoms with Gasteiger partial charge in [0.15, 0.2) is 0 Å². The Bertz CT molecular complexity index is 447. The van der Waals surface area contributed by atoms with Crippen LogP contribution in [-0.2, 0) is 0 Å². The number of rotatable bonds is 2. The minimum absolute atomic E-state index is 0.171. The summed E-state index contributed by atoms with van der Waals surface area (Å²) < 4.78 is 0. The number of aliphatic hydroxyl groups excluding tert-OH is 1. The molecule has 18 heavy (non-hydrogen) atoms. The third-order valence-corrected chi connectivity index (χ3v) is 4.71. The Labute approximate surface area is 117 Å². The second kappa shape index (κ2) is 4.99. The first kappa shape index (κ1) is 12.7. The monoisotopic (exact) mass is 286 g/mol. The highest BCUT2D eigenvalue weighted by molar-refractivity contribution is 6.42. The lowest BCUT2D eigenvalue weighted by Crippen LogP contribution is -2.62. The van der Waals surface area contributed by atoms with Crippen molar-refractivity contribution < 1.29 is 5.11 Å². The van der Waals surface area contributed by atoms with E-state index in [2.05, 4.69) is 9.80 Å². The maximum Gasteiger partial charge on any atom is 0.0958 e. The van der Waals surface area contributed by atoms with Gasteiger partial charge in [-0.25, -0.2) is 0 Å². The molecule has 1 N–H and O–H groups in total. The van der Waals surface area contributed by atoms with E-state index < -0.39 is 6.10 Å². The SMILES string of the molecule is OC(c1ccc(Cl)c(Cl)c1)C1CN2CCN1CC2. The van der Waals surface area contributed by atoms with Crippen molar-refractivity contribution in [3.63, 3.8) is 0 Å². The zero-order valence-electron chi connectivity index (χ0n) is 10.0. The van der Waals surface area contributed by atoms with E-state index >= 15 is 0 Å². The highest BCUT2D eigenvalue weighted by atomic mass is 35.5. The van der Waals surface area contributed by atoms with Crippen molar-refractivity contribution in [2.24, 2.45) is 0 Å². The predicted molar refractivity (Wildman–Crippen MR) is 73.2 cm³/mol. The van der Waals surface area contributed by atoms with E-state index in [9.17, 15) is 5.11 Å². The first-order valence-corrected chi connectivity index (χ1v) is 7.00. The summed E-state index contributed by atoms with van der Waals surface area (Å²) in [5.41, 5.74) is 0.850. The Morgan fingerprint density at radius 2 is 1.83 bits per heavy atom. The highest BCUT2D eigenvalue weighted by Gasteiger charge is 2.36. The number of hydrogen-bond donors (Lipinski definition) is 1. The van der Waals surface area contributed by atoms with Crippen molar-refractivity contribution in [1.82, 2.24) is 9.80 Å². The van der Waals surface area contributed by atoms with Gasteiger partial charge in [-0.05, 0) is 17.7 Å². The standard InChI is InChI=1S/C13H16Cl2N2O/c14-10-2-1-9(7-11(10)15)13(18)12-8-16-3-5-17(12)6-4-16/h1-2,7,12-13,18H,3-6,8H2. The summed E-state index contributed by atoms with van der Waals surface area (Å²) in [7, 11) is 0. The predicted octanol–water partition coefficient (Wildman–Crippen LogP) is 2.03. The summed E-state index contributed by atoms with van der Waals surface area (Å²) in [6.45, 7) is 5.25. The fraction of sp³-hybridized carbons (Fsp3) is 0.538.